The number of thiophene rings is 1. The van der Waals surface area contributed by atoms with Crippen molar-refractivity contribution < 1.29 is 4.79 Å². The minimum absolute atomic E-state index is 0.00943. The highest BCUT2D eigenvalue weighted by Crippen LogP contribution is 2.41. The molecule has 23 heavy (non-hydrogen) atoms. The molecule has 3 nitrogen and oxygen atoms in total. The number of hydrogen-bond donors (Lipinski definition) is 1. The zero-order valence-electron chi connectivity index (χ0n) is 12.5. The molecule has 5 heteroatoms. The summed E-state index contributed by atoms with van der Waals surface area (Å²) >= 11 is 7.55. The van der Waals surface area contributed by atoms with Gasteiger partial charge in [-0.2, -0.15) is 0 Å². The van der Waals surface area contributed by atoms with Gasteiger partial charge in [-0.05, 0) is 41.5 Å². The van der Waals surface area contributed by atoms with E-state index in [4.69, 9.17) is 11.6 Å². The SMILES string of the molecule is CCC(=O)Nc1cc(-c2ccc(Cl)cc2)c(-c2ccncc2)s1. The van der Waals surface area contributed by atoms with E-state index in [-0.39, 0.29) is 5.91 Å². The number of carbonyl (C=O) groups excluding carboxylic acids is 1. The van der Waals surface area contributed by atoms with Crippen LogP contribution in [0.4, 0.5) is 5.00 Å². The molecule has 0 saturated carbocycles. The molecule has 0 aliphatic rings. The molecule has 0 unspecified atom stereocenters. The fourth-order valence-electron chi connectivity index (χ4n) is 2.24. The third-order valence-electron chi connectivity index (χ3n) is 3.41. The molecule has 0 aliphatic heterocycles. The van der Waals surface area contributed by atoms with Crippen LogP contribution in [0, 0.1) is 0 Å². The minimum Gasteiger partial charge on any atom is -0.318 e. The molecule has 0 aliphatic carbocycles. The third kappa shape index (κ3) is 3.60. The van der Waals surface area contributed by atoms with E-state index in [1.54, 1.807) is 23.7 Å². The van der Waals surface area contributed by atoms with E-state index < -0.39 is 0 Å². The molecule has 2 aromatic heterocycles. The van der Waals surface area contributed by atoms with Crippen molar-refractivity contribution in [3.63, 3.8) is 0 Å². The molecule has 3 rings (SSSR count). The second kappa shape index (κ2) is 6.94. The molecule has 0 fully saturated rings. The van der Waals surface area contributed by atoms with Crippen molar-refractivity contribution in [2.45, 2.75) is 13.3 Å². The van der Waals surface area contributed by atoms with Crippen LogP contribution in [0.2, 0.25) is 5.02 Å². The third-order valence-corrected chi connectivity index (χ3v) is 4.77. The average molecular weight is 343 g/mol. The van der Waals surface area contributed by atoms with E-state index in [2.05, 4.69) is 10.3 Å². The highest BCUT2D eigenvalue weighted by atomic mass is 35.5. The zero-order valence-corrected chi connectivity index (χ0v) is 14.1. The van der Waals surface area contributed by atoms with Crippen LogP contribution in [0.3, 0.4) is 0 Å². The topological polar surface area (TPSA) is 42.0 Å². The number of nitrogens with one attached hydrogen (secondary N) is 1. The second-order valence-corrected chi connectivity index (χ2v) is 6.49. The highest BCUT2D eigenvalue weighted by Gasteiger charge is 2.14. The normalized spacial score (nSPS) is 10.5. The summed E-state index contributed by atoms with van der Waals surface area (Å²) in [7, 11) is 0. The summed E-state index contributed by atoms with van der Waals surface area (Å²) in [6.45, 7) is 1.84. The molecule has 0 saturated heterocycles. The van der Waals surface area contributed by atoms with Crippen molar-refractivity contribution in [3.8, 4) is 21.6 Å². The summed E-state index contributed by atoms with van der Waals surface area (Å²) < 4.78 is 0. The van der Waals surface area contributed by atoms with Crippen LogP contribution in [0.5, 0.6) is 0 Å². The van der Waals surface area contributed by atoms with Gasteiger partial charge in [0, 0.05) is 34.3 Å². The standard InChI is InChI=1S/C18H15ClN2OS/c1-2-16(22)21-17-11-15(12-3-5-14(19)6-4-12)18(23-17)13-7-9-20-10-8-13/h3-11H,2H2,1H3,(H,21,22). The Kier molecular flexibility index (Phi) is 4.74. The molecular formula is C18H15ClN2OS. The Balaban J connectivity index is 2.08. The first-order chi connectivity index (χ1) is 11.2. The summed E-state index contributed by atoms with van der Waals surface area (Å²) in [6.07, 6.45) is 3.99. The van der Waals surface area contributed by atoms with Gasteiger partial charge in [-0.25, -0.2) is 0 Å². The summed E-state index contributed by atoms with van der Waals surface area (Å²) in [6, 6.07) is 13.7. The van der Waals surface area contributed by atoms with Crippen molar-refractivity contribution in [2.24, 2.45) is 0 Å². The number of amides is 1. The number of rotatable bonds is 4. The predicted molar refractivity (Wildman–Crippen MR) is 96.9 cm³/mol. The Morgan fingerprint density at radius 2 is 1.83 bits per heavy atom. The van der Waals surface area contributed by atoms with Gasteiger partial charge in [-0.3, -0.25) is 9.78 Å². The van der Waals surface area contributed by atoms with Gasteiger partial charge >= 0.3 is 0 Å². The average Bonchev–Trinajstić information content (AvgIpc) is 3.00. The molecule has 0 bridgehead atoms. The van der Waals surface area contributed by atoms with Crippen LogP contribution in [0.1, 0.15) is 13.3 Å². The van der Waals surface area contributed by atoms with Gasteiger partial charge < -0.3 is 5.32 Å². The number of halogens is 1. The van der Waals surface area contributed by atoms with E-state index in [9.17, 15) is 4.79 Å². The van der Waals surface area contributed by atoms with Crippen LogP contribution in [0.15, 0.2) is 54.9 Å². The van der Waals surface area contributed by atoms with Crippen LogP contribution in [-0.2, 0) is 4.79 Å². The number of anilines is 1. The summed E-state index contributed by atoms with van der Waals surface area (Å²) in [5.41, 5.74) is 3.21. The first kappa shape index (κ1) is 15.7. The first-order valence-electron chi connectivity index (χ1n) is 7.27. The van der Waals surface area contributed by atoms with Crippen molar-refractivity contribution in [3.05, 3.63) is 59.9 Å². The smallest absolute Gasteiger partial charge is 0.224 e. The van der Waals surface area contributed by atoms with Crippen LogP contribution >= 0.6 is 22.9 Å². The van der Waals surface area contributed by atoms with E-state index in [1.165, 1.54) is 0 Å². The summed E-state index contributed by atoms with van der Waals surface area (Å²) in [4.78, 5) is 16.9. The second-order valence-electron chi connectivity index (χ2n) is 5.00. The van der Waals surface area contributed by atoms with Crippen molar-refractivity contribution in [1.29, 1.82) is 0 Å². The largest absolute Gasteiger partial charge is 0.318 e. The van der Waals surface area contributed by atoms with Crippen molar-refractivity contribution in [1.82, 2.24) is 4.98 Å². The lowest BCUT2D eigenvalue weighted by atomic mass is 10.0. The lowest BCUT2D eigenvalue weighted by molar-refractivity contribution is -0.115. The number of benzene rings is 1. The number of nitrogens with zero attached hydrogens (tertiary/aromatic N) is 1. The Morgan fingerprint density at radius 1 is 1.13 bits per heavy atom. The van der Waals surface area contributed by atoms with Crippen LogP contribution in [0.25, 0.3) is 21.6 Å². The van der Waals surface area contributed by atoms with Gasteiger partial charge in [-0.15, -0.1) is 11.3 Å². The maximum atomic E-state index is 11.7. The lowest BCUT2D eigenvalue weighted by Crippen LogP contribution is -2.07. The first-order valence-corrected chi connectivity index (χ1v) is 8.47. The van der Waals surface area contributed by atoms with E-state index in [0.29, 0.717) is 11.4 Å². The van der Waals surface area contributed by atoms with E-state index >= 15 is 0 Å². The quantitative estimate of drug-likeness (QED) is 0.682. The van der Waals surface area contributed by atoms with Gasteiger partial charge in [0.25, 0.3) is 0 Å². The van der Waals surface area contributed by atoms with Crippen molar-refractivity contribution >= 4 is 33.8 Å². The number of hydrogen-bond acceptors (Lipinski definition) is 3. The maximum absolute atomic E-state index is 11.7. The van der Waals surface area contributed by atoms with Crippen LogP contribution < -0.4 is 5.32 Å². The Morgan fingerprint density at radius 3 is 2.48 bits per heavy atom. The molecule has 116 valence electrons. The van der Waals surface area contributed by atoms with Crippen LogP contribution in [-0.4, -0.2) is 10.9 Å². The number of aromatic nitrogens is 1. The molecule has 3 aromatic rings. The maximum Gasteiger partial charge on any atom is 0.224 e. The molecule has 0 spiro atoms. The molecule has 1 N–H and O–H groups in total. The fraction of sp³-hybridized carbons (Fsp3) is 0.111. The van der Waals surface area contributed by atoms with Gasteiger partial charge in [0.2, 0.25) is 5.91 Å². The van der Waals surface area contributed by atoms with Gasteiger partial charge in [0.05, 0.1) is 5.00 Å². The molecule has 0 atom stereocenters. The Hall–Kier alpha value is -2.17. The van der Waals surface area contributed by atoms with E-state index in [0.717, 1.165) is 26.6 Å². The summed E-state index contributed by atoms with van der Waals surface area (Å²) in [5.74, 6) is 0.00943. The Labute approximate surface area is 144 Å². The van der Waals surface area contributed by atoms with Gasteiger partial charge in [-0.1, -0.05) is 30.7 Å². The number of carbonyl (C=O) groups is 1. The summed E-state index contributed by atoms with van der Waals surface area (Å²) in [5, 5.41) is 4.49. The molecule has 1 amide bonds. The highest BCUT2D eigenvalue weighted by molar-refractivity contribution is 7.20. The molecular weight excluding hydrogens is 328 g/mol. The monoisotopic (exact) mass is 342 g/mol. The number of pyridine rings is 1. The molecule has 1 aromatic carbocycles. The lowest BCUT2D eigenvalue weighted by Gasteiger charge is -2.04. The minimum atomic E-state index is 0.00943. The Bertz CT molecular complexity index is 813. The molecule has 0 radical (unpaired) electrons. The zero-order chi connectivity index (χ0) is 16.2. The molecule has 2 heterocycles. The van der Waals surface area contributed by atoms with E-state index in [1.807, 2.05) is 49.4 Å². The van der Waals surface area contributed by atoms with Gasteiger partial charge in [0.15, 0.2) is 0 Å². The fourth-order valence-corrected chi connectivity index (χ4v) is 3.47. The van der Waals surface area contributed by atoms with Crippen molar-refractivity contribution in [2.75, 3.05) is 5.32 Å². The predicted octanol–water partition coefficient (Wildman–Crippen LogP) is 5.48. The van der Waals surface area contributed by atoms with Gasteiger partial charge in [0.1, 0.15) is 0 Å².